The van der Waals surface area contributed by atoms with Crippen molar-refractivity contribution in [2.75, 3.05) is 10.8 Å². The van der Waals surface area contributed by atoms with Crippen molar-refractivity contribution in [1.29, 1.82) is 0 Å². The van der Waals surface area contributed by atoms with Crippen molar-refractivity contribution in [2.45, 2.75) is 57.6 Å². The van der Waals surface area contributed by atoms with Crippen molar-refractivity contribution in [3.63, 3.8) is 0 Å². The van der Waals surface area contributed by atoms with Crippen molar-refractivity contribution in [1.82, 2.24) is 10.2 Å². The lowest BCUT2D eigenvalue weighted by atomic mass is 10.1. The Kier molecular flexibility index (Phi) is 8.76. The van der Waals surface area contributed by atoms with Gasteiger partial charge in [0.2, 0.25) is 11.8 Å². The van der Waals surface area contributed by atoms with Crippen molar-refractivity contribution in [3.8, 4) is 0 Å². The standard InChI is InChI=1S/C29H35N3O4S/c1-22-13-12-16-25(19-22)32(37(35,36)26-17-10-7-11-18-26)21-27(33)31(20-24-14-8-6-9-15-24)23(2)28(34)30-29(3,4)5/h6-19,23H,20-21H2,1-5H3,(H,30,34). The summed E-state index contributed by atoms with van der Waals surface area (Å²) in [4.78, 5) is 28.4. The summed E-state index contributed by atoms with van der Waals surface area (Å²) < 4.78 is 28.6. The quantitative estimate of drug-likeness (QED) is 0.449. The number of hydrogen-bond acceptors (Lipinski definition) is 4. The van der Waals surface area contributed by atoms with Crippen molar-refractivity contribution < 1.29 is 18.0 Å². The fraction of sp³-hybridized carbons (Fsp3) is 0.310. The van der Waals surface area contributed by atoms with Crippen molar-refractivity contribution >= 4 is 27.5 Å². The maximum atomic E-state index is 13.8. The Labute approximate surface area is 220 Å². The number of hydrogen-bond donors (Lipinski definition) is 1. The van der Waals surface area contributed by atoms with Crippen molar-refractivity contribution in [3.05, 3.63) is 96.1 Å². The van der Waals surface area contributed by atoms with Gasteiger partial charge in [-0.2, -0.15) is 0 Å². The molecule has 8 heteroatoms. The number of aryl methyl sites for hydroxylation is 1. The molecule has 37 heavy (non-hydrogen) atoms. The van der Waals surface area contributed by atoms with E-state index >= 15 is 0 Å². The van der Waals surface area contributed by atoms with E-state index in [0.29, 0.717) is 5.69 Å². The first kappa shape index (κ1) is 27.9. The zero-order chi connectivity index (χ0) is 27.2. The molecule has 0 aromatic heterocycles. The Morgan fingerprint density at radius 2 is 1.49 bits per heavy atom. The molecule has 0 radical (unpaired) electrons. The summed E-state index contributed by atoms with van der Waals surface area (Å²) in [6.07, 6.45) is 0. The molecule has 1 unspecified atom stereocenters. The predicted octanol–water partition coefficient (Wildman–Crippen LogP) is 4.52. The average molecular weight is 522 g/mol. The first-order valence-corrected chi connectivity index (χ1v) is 13.6. The van der Waals surface area contributed by atoms with Gasteiger partial charge in [0.1, 0.15) is 12.6 Å². The second-order valence-corrected chi connectivity index (χ2v) is 11.9. The highest BCUT2D eigenvalue weighted by Crippen LogP contribution is 2.25. The van der Waals surface area contributed by atoms with Crippen molar-refractivity contribution in [2.24, 2.45) is 0 Å². The SMILES string of the molecule is Cc1cccc(N(CC(=O)N(Cc2ccccc2)C(C)C(=O)NC(C)(C)C)S(=O)(=O)c2ccccc2)c1. The fourth-order valence-electron chi connectivity index (χ4n) is 3.87. The van der Waals surface area contributed by atoms with Crippen LogP contribution in [0.15, 0.2) is 89.8 Å². The van der Waals surface area contributed by atoms with E-state index in [4.69, 9.17) is 0 Å². The highest BCUT2D eigenvalue weighted by atomic mass is 32.2. The van der Waals surface area contributed by atoms with Crippen LogP contribution < -0.4 is 9.62 Å². The van der Waals surface area contributed by atoms with Crippen LogP contribution in [0.4, 0.5) is 5.69 Å². The third-order valence-electron chi connectivity index (χ3n) is 5.76. The number of sulfonamides is 1. The van der Waals surface area contributed by atoms with Gasteiger partial charge in [-0.15, -0.1) is 0 Å². The zero-order valence-electron chi connectivity index (χ0n) is 22.0. The highest BCUT2D eigenvalue weighted by Gasteiger charge is 2.33. The summed E-state index contributed by atoms with van der Waals surface area (Å²) in [6, 6.07) is 23.5. The second-order valence-electron chi connectivity index (χ2n) is 10.1. The number of benzene rings is 3. The molecule has 3 aromatic carbocycles. The molecule has 3 aromatic rings. The molecule has 0 saturated heterocycles. The van der Waals surface area contributed by atoms with Crippen LogP contribution in [0.3, 0.4) is 0 Å². The molecule has 3 rings (SSSR count). The van der Waals surface area contributed by atoms with Gasteiger partial charge in [-0.1, -0.05) is 60.7 Å². The smallest absolute Gasteiger partial charge is 0.264 e. The number of carbonyl (C=O) groups excluding carboxylic acids is 2. The van der Waals surface area contributed by atoms with Crippen LogP contribution in [0.2, 0.25) is 0 Å². The van der Waals surface area contributed by atoms with Gasteiger partial charge in [0.05, 0.1) is 10.6 Å². The number of amides is 2. The predicted molar refractivity (Wildman–Crippen MR) is 147 cm³/mol. The molecular weight excluding hydrogens is 486 g/mol. The van der Waals surface area contributed by atoms with E-state index in [2.05, 4.69) is 5.32 Å². The maximum absolute atomic E-state index is 13.8. The molecule has 2 amide bonds. The van der Waals surface area contributed by atoms with Crippen LogP contribution in [0.1, 0.15) is 38.8 Å². The minimum Gasteiger partial charge on any atom is -0.350 e. The van der Waals surface area contributed by atoms with E-state index < -0.39 is 34.1 Å². The third kappa shape index (κ3) is 7.43. The van der Waals surface area contributed by atoms with Gasteiger partial charge in [-0.3, -0.25) is 13.9 Å². The summed E-state index contributed by atoms with van der Waals surface area (Å²) in [5, 5.41) is 2.92. The summed E-state index contributed by atoms with van der Waals surface area (Å²) in [7, 11) is -4.06. The van der Waals surface area contributed by atoms with Gasteiger partial charge in [0.25, 0.3) is 10.0 Å². The van der Waals surface area contributed by atoms with E-state index in [1.54, 1.807) is 43.3 Å². The van der Waals surface area contributed by atoms with Gasteiger partial charge >= 0.3 is 0 Å². The minimum atomic E-state index is -4.06. The molecular formula is C29H35N3O4S. The number of nitrogens with zero attached hydrogens (tertiary/aromatic N) is 2. The summed E-state index contributed by atoms with van der Waals surface area (Å²) in [5.74, 6) is -0.800. The van der Waals surface area contributed by atoms with E-state index in [9.17, 15) is 18.0 Å². The van der Waals surface area contributed by atoms with E-state index in [0.717, 1.165) is 15.4 Å². The lowest BCUT2D eigenvalue weighted by molar-refractivity contribution is -0.140. The molecule has 7 nitrogen and oxygen atoms in total. The summed E-state index contributed by atoms with van der Waals surface area (Å²) in [5.41, 5.74) is 1.58. The Balaban J connectivity index is 2.01. The molecule has 1 N–H and O–H groups in total. The van der Waals surface area contributed by atoms with Gasteiger partial charge in [-0.05, 0) is 70.0 Å². The fourth-order valence-corrected chi connectivity index (χ4v) is 5.30. The number of anilines is 1. The molecule has 0 aliphatic rings. The molecule has 0 saturated carbocycles. The van der Waals surface area contributed by atoms with Crippen LogP contribution in [0, 0.1) is 6.92 Å². The monoisotopic (exact) mass is 521 g/mol. The van der Waals surface area contributed by atoms with Crippen LogP contribution in [-0.4, -0.2) is 43.3 Å². The van der Waals surface area contributed by atoms with E-state index in [-0.39, 0.29) is 17.3 Å². The highest BCUT2D eigenvalue weighted by molar-refractivity contribution is 7.92. The maximum Gasteiger partial charge on any atom is 0.264 e. The molecule has 0 heterocycles. The molecule has 0 fully saturated rings. The topological polar surface area (TPSA) is 86.8 Å². The van der Waals surface area contributed by atoms with Gasteiger partial charge in [-0.25, -0.2) is 8.42 Å². The normalized spacial score (nSPS) is 12.5. The van der Waals surface area contributed by atoms with Gasteiger partial charge in [0, 0.05) is 12.1 Å². The Hall–Kier alpha value is -3.65. The molecule has 196 valence electrons. The molecule has 0 spiro atoms. The zero-order valence-corrected chi connectivity index (χ0v) is 22.8. The first-order valence-electron chi connectivity index (χ1n) is 12.2. The van der Waals surface area contributed by atoms with Gasteiger partial charge in [0.15, 0.2) is 0 Å². The molecule has 0 bridgehead atoms. The van der Waals surface area contributed by atoms with Crippen LogP contribution in [0.25, 0.3) is 0 Å². The van der Waals surface area contributed by atoms with Crippen LogP contribution >= 0.6 is 0 Å². The Morgan fingerprint density at radius 3 is 2.05 bits per heavy atom. The largest absolute Gasteiger partial charge is 0.350 e. The van der Waals surface area contributed by atoms with Crippen LogP contribution in [0.5, 0.6) is 0 Å². The Bertz CT molecular complexity index is 1320. The van der Waals surface area contributed by atoms with Gasteiger partial charge < -0.3 is 10.2 Å². The average Bonchev–Trinajstić information content (AvgIpc) is 2.85. The third-order valence-corrected chi connectivity index (χ3v) is 7.55. The van der Waals surface area contributed by atoms with Crippen LogP contribution in [-0.2, 0) is 26.2 Å². The van der Waals surface area contributed by atoms with E-state index in [1.165, 1.54) is 17.0 Å². The lowest BCUT2D eigenvalue weighted by Crippen LogP contribution is -2.54. The first-order chi connectivity index (χ1) is 17.4. The summed E-state index contributed by atoms with van der Waals surface area (Å²) >= 11 is 0. The lowest BCUT2D eigenvalue weighted by Gasteiger charge is -2.33. The molecule has 0 aliphatic heterocycles. The number of carbonyl (C=O) groups is 2. The molecule has 0 aliphatic carbocycles. The molecule has 1 atom stereocenters. The number of rotatable bonds is 9. The van der Waals surface area contributed by atoms with E-state index in [1.807, 2.05) is 64.1 Å². The summed E-state index contributed by atoms with van der Waals surface area (Å²) in [6.45, 7) is 8.82. The number of nitrogens with one attached hydrogen (secondary N) is 1. The Morgan fingerprint density at radius 1 is 0.892 bits per heavy atom. The second kappa shape index (κ2) is 11.6. The minimum absolute atomic E-state index is 0.0810.